The lowest BCUT2D eigenvalue weighted by molar-refractivity contribution is -0.0350. The second kappa shape index (κ2) is 8.90. The second-order valence-corrected chi connectivity index (χ2v) is 8.13. The molecular weight excluding hydrogens is 384 g/mol. The molecule has 152 valence electrons. The number of benzene rings is 1. The molecule has 29 heavy (non-hydrogen) atoms. The summed E-state index contributed by atoms with van der Waals surface area (Å²) in [6, 6.07) is 12.4. The molecule has 4 rings (SSSR count). The number of pyridine rings is 1. The molecule has 1 aliphatic rings. The molecular formula is C22H26N4O2S. The largest absolute Gasteiger partial charge is 0.496 e. The first-order chi connectivity index (χ1) is 14.1. The lowest BCUT2D eigenvalue weighted by Crippen LogP contribution is -2.38. The van der Waals surface area contributed by atoms with Gasteiger partial charge in [0.25, 0.3) is 0 Å². The molecule has 7 heteroatoms. The molecule has 0 spiro atoms. The molecule has 0 saturated carbocycles. The number of nitrogens with zero attached hydrogens (tertiary/aromatic N) is 3. The van der Waals surface area contributed by atoms with Gasteiger partial charge in [0.1, 0.15) is 17.7 Å². The molecule has 1 aliphatic heterocycles. The first-order valence-corrected chi connectivity index (χ1v) is 10.6. The molecule has 1 fully saturated rings. The minimum Gasteiger partial charge on any atom is -0.496 e. The summed E-state index contributed by atoms with van der Waals surface area (Å²) < 4.78 is 11.6. The fourth-order valence-corrected chi connectivity index (χ4v) is 4.16. The van der Waals surface area contributed by atoms with Crippen LogP contribution < -0.4 is 10.1 Å². The standard InChI is InChI=1S/C22H26N4O2S/c1-15-7-8-17(19(11-15)27-3)12-26-9-10-28-20(13-26)18-5-4-6-21(24-18)25-22-23-16(2)14-29-22/h4-8,11,14,20H,9-10,12-13H2,1-3H3,(H,23,24,25). The summed E-state index contributed by atoms with van der Waals surface area (Å²) in [5.74, 6) is 1.73. The van der Waals surface area contributed by atoms with Gasteiger partial charge in [-0.1, -0.05) is 18.2 Å². The van der Waals surface area contributed by atoms with E-state index >= 15 is 0 Å². The summed E-state index contributed by atoms with van der Waals surface area (Å²) in [4.78, 5) is 11.6. The van der Waals surface area contributed by atoms with E-state index in [4.69, 9.17) is 14.5 Å². The summed E-state index contributed by atoms with van der Waals surface area (Å²) in [7, 11) is 1.73. The van der Waals surface area contributed by atoms with Crippen molar-refractivity contribution in [3.05, 3.63) is 64.3 Å². The molecule has 1 aromatic carbocycles. The number of aromatic nitrogens is 2. The van der Waals surface area contributed by atoms with Crippen LogP contribution in [0, 0.1) is 13.8 Å². The zero-order valence-electron chi connectivity index (χ0n) is 17.0. The third-order valence-corrected chi connectivity index (χ3v) is 5.82. The van der Waals surface area contributed by atoms with Gasteiger partial charge >= 0.3 is 0 Å². The Morgan fingerprint density at radius 2 is 2.14 bits per heavy atom. The Labute approximate surface area is 175 Å². The molecule has 3 heterocycles. The molecule has 2 aromatic heterocycles. The minimum atomic E-state index is -0.0556. The summed E-state index contributed by atoms with van der Waals surface area (Å²) in [6.45, 7) is 7.27. The van der Waals surface area contributed by atoms with Crippen LogP contribution in [0.25, 0.3) is 0 Å². The minimum absolute atomic E-state index is 0.0556. The van der Waals surface area contributed by atoms with Gasteiger partial charge in [0.05, 0.1) is 25.1 Å². The van der Waals surface area contributed by atoms with Gasteiger partial charge in [-0.15, -0.1) is 11.3 Å². The Kier molecular flexibility index (Phi) is 6.08. The molecule has 1 atom stereocenters. The smallest absolute Gasteiger partial charge is 0.188 e. The Morgan fingerprint density at radius 3 is 2.93 bits per heavy atom. The van der Waals surface area contributed by atoms with Gasteiger partial charge in [-0.2, -0.15) is 0 Å². The van der Waals surface area contributed by atoms with E-state index in [0.29, 0.717) is 6.61 Å². The lowest BCUT2D eigenvalue weighted by Gasteiger charge is -2.33. The number of nitrogens with one attached hydrogen (secondary N) is 1. The van der Waals surface area contributed by atoms with Gasteiger partial charge in [0.2, 0.25) is 0 Å². The van der Waals surface area contributed by atoms with Gasteiger partial charge in [-0.05, 0) is 37.6 Å². The van der Waals surface area contributed by atoms with E-state index in [-0.39, 0.29) is 6.10 Å². The topological polar surface area (TPSA) is 59.5 Å². The van der Waals surface area contributed by atoms with Gasteiger partial charge in [0, 0.05) is 30.6 Å². The number of hydrogen-bond acceptors (Lipinski definition) is 7. The van der Waals surface area contributed by atoms with Crippen molar-refractivity contribution in [1.29, 1.82) is 0 Å². The molecule has 0 amide bonds. The molecule has 0 radical (unpaired) electrons. The number of morpholine rings is 1. The quantitative estimate of drug-likeness (QED) is 0.647. The highest BCUT2D eigenvalue weighted by atomic mass is 32.1. The van der Waals surface area contributed by atoms with Crippen molar-refractivity contribution in [3.8, 4) is 5.75 Å². The van der Waals surface area contributed by atoms with E-state index in [9.17, 15) is 0 Å². The summed E-state index contributed by atoms with van der Waals surface area (Å²) in [5, 5.41) is 6.16. The number of thiazole rings is 1. The number of rotatable bonds is 6. The van der Waals surface area contributed by atoms with Gasteiger partial charge < -0.3 is 14.8 Å². The van der Waals surface area contributed by atoms with E-state index in [1.54, 1.807) is 18.4 Å². The van der Waals surface area contributed by atoms with E-state index in [1.807, 2.05) is 30.5 Å². The number of ether oxygens (including phenoxy) is 2. The van der Waals surface area contributed by atoms with Crippen molar-refractivity contribution in [2.75, 3.05) is 32.1 Å². The maximum absolute atomic E-state index is 6.04. The van der Waals surface area contributed by atoms with Crippen LogP contribution in [0.2, 0.25) is 0 Å². The van der Waals surface area contributed by atoms with Crippen molar-refractivity contribution in [2.24, 2.45) is 0 Å². The fourth-order valence-electron chi connectivity index (χ4n) is 3.47. The van der Waals surface area contributed by atoms with Crippen molar-refractivity contribution >= 4 is 22.3 Å². The molecule has 3 aromatic rings. The molecule has 1 saturated heterocycles. The van der Waals surface area contributed by atoms with Crippen LogP contribution in [0.4, 0.5) is 10.9 Å². The number of anilines is 2. The summed E-state index contributed by atoms with van der Waals surface area (Å²) in [6.07, 6.45) is -0.0556. The Hall–Kier alpha value is -2.48. The lowest BCUT2D eigenvalue weighted by atomic mass is 10.1. The first-order valence-electron chi connectivity index (χ1n) is 9.74. The highest BCUT2D eigenvalue weighted by Gasteiger charge is 2.24. The van der Waals surface area contributed by atoms with Crippen molar-refractivity contribution in [3.63, 3.8) is 0 Å². The third kappa shape index (κ3) is 4.93. The highest BCUT2D eigenvalue weighted by molar-refractivity contribution is 7.13. The van der Waals surface area contributed by atoms with Gasteiger partial charge in [-0.3, -0.25) is 4.90 Å². The zero-order chi connectivity index (χ0) is 20.2. The SMILES string of the molecule is COc1cc(C)ccc1CN1CCOC(c2cccc(Nc3nc(C)cs3)n2)C1. The van der Waals surface area contributed by atoms with Crippen molar-refractivity contribution < 1.29 is 9.47 Å². The number of aryl methyl sites for hydroxylation is 2. The third-order valence-electron chi connectivity index (χ3n) is 4.94. The van der Waals surface area contributed by atoms with Crippen LogP contribution in [-0.4, -0.2) is 41.7 Å². The van der Waals surface area contributed by atoms with Gasteiger partial charge in [0.15, 0.2) is 5.13 Å². The van der Waals surface area contributed by atoms with Crippen LogP contribution in [0.1, 0.15) is 28.6 Å². The average molecular weight is 411 g/mol. The molecule has 0 bridgehead atoms. The van der Waals surface area contributed by atoms with Crippen molar-refractivity contribution in [1.82, 2.24) is 14.9 Å². The Morgan fingerprint density at radius 1 is 1.24 bits per heavy atom. The molecule has 1 N–H and O–H groups in total. The maximum Gasteiger partial charge on any atom is 0.188 e. The molecule has 6 nitrogen and oxygen atoms in total. The van der Waals surface area contributed by atoms with Crippen LogP contribution in [0.3, 0.4) is 0 Å². The first kappa shape index (κ1) is 19.8. The van der Waals surface area contributed by atoms with Crippen LogP contribution >= 0.6 is 11.3 Å². The zero-order valence-corrected chi connectivity index (χ0v) is 17.8. The number of hydrogen-bond donors (Lipinski definition) is 1. The van der Waals surface area contributed by atoms with Crippen molar-refractivity contribution in [2.45, 2.75) is 26.5 Å². The van der Waals surface area contributed by atoms with Gasteiger partial charge in [-0.25, -0.2) is 9.97 Å². The summed E-state index contributed by atoms with van der Waals surface area (Å²) in [5.41, 5.74) is 4.34. The average Bonchev–Trinajstić information content (AvgIpc) is 3.14. The number of methoxy groups -OCH3 is 1. The van der Waals surface area contributed by atoms with E-state index in [2.05, 4.69) is 40.3 Å². The normalized spacial score (nSPS) is 17.3. The van der Waals surface area contributed by atoms with Crippen LogP contribution in [-0.2, 0) is 11.3 Å². The fraction of sp³-hybridized carbons (Fsp3) is 0.364. The molecule has 1 unspecified atom stereocenters. The summed E-state index contributed by atoms with van der Waals surface area (Å²) >= 11 is 1.58. The predicted octanol–water partition coefficient (Wildman–Crippen LogP) is 4.48. The predicted molar refractivity (Wildman–Crippen MR) is 116 cm³/mol. The monoisotopic (exact) mass is 410 g/mol. The van der Waals surface area contributed by atoms with E-state index in [0.717, 1.165) is 47.7 Å². The second-order valence-electron chi connectivity index (χ2n) is 7.28. The van der Waals surface area contributed by atoms with Crippen LogP contribution in [0.5, 0.6) is 5.75 Å². The van der Waals surface area contributed by atoms with E-state index in [1.165, 1.54) is 11.1 Å². The Bertz CT molecular complexity index is 975. The maximum atomic E-state index is 6.04. The Balaban J connectivity index is 1.45. The highest BCUT2D eigenvalue weighted by Crippen LogP contribution is 2.27. The van der Waals surface area contributed by atoms with E-state index < -0.39 is 0 Å². The molecule has 0 aliphatic carbocycles. The van der Waals surface area contributed by atoms with Crippen LogP contribution in [0.15, 0.2) is 41.8 Å².